The summed E-state index contributed by atoms with van der Waals surface area (Å²) < 4.78 is 0. The van der Waals surface area contributed by atoms with Crippen molar-refractivity contribution in [2.75, 3.05) is 6.54 Å². The number of nitrogens with two attached hydrogens (primary N) is 1. The van der Waals surface area contributed by atoms with Crippen LogP contribution in [-0.2, 0) is 4.79 Å². The molecule has 1 aliphatic heterocycles. The van der Waals surface area contributed by atoms with E-state index in [4.69, 9.17) is 5.73 Å². The van der Waals surface area contributed by atoms with E-state index in [-0.39, 0.29) is 11.9 Å². The van der Waals surface area contributed by atoms with Gasteiger partial charge in [-0.1, -0.05) is 36.4 Å². The first-order valence-electron chi connectivity index (χ1n) is 6.91. The molecule has 4 heteroatoms. The number of carbonyl (C=O) groups excluding carboxylic acids is 1. The Balaban J connectivity index is 1.93. The van der Waals surface area contributed by atoms with Gasteiger partial charge in [-0.2, -0.15) is 0 Å². The molecule has 1 aromatic carbocycles. The third kappa shape index (κ3) is 2.49. The van der Waals surface area contributed by atoms with Crippen molar-refractivity contribution in [3.05, 3.63) is 58.3 Å². The third-order valence-corrected chi connectivity index (χ3v) is 4.86. The Morgan fingerprint density at radius 3 is 2.70 bits per heavy atom. The van der Waals surface area contributed by atoms with Gasteiger partial charge in [0.15, 0.2) is 0 Å². The van der Waals surface area contributed by atoms with Crippen LogP contribution >= 0.6 is 11.3 Å². The SMILES string of the molecule is NC(=O)[C@H](c1ccccc1)N1CCC[C@H]1c1cccs1. The minimum Gasteiger partial charge on any atom is -0.368 e. The number of rotatable bonds is 4. The first-order chi connectivity index (χ1) is 9.77. The molecule has 2 atom stereocenters. The van der Waals surface area contributed by atoms with E-state index in [1.807, 2.05) is 30.3 Å². The van der Waals surface area contributed by atoms with Crippen LogP contribution in [-0.4, -0.2) is 17.4 Å². The second kappa shape index (κ2) is 5.77. The van der Waals surface area contributed by atoms with Crippen LogP contribution in [0.2, 0.25) is 0 Å². The molecule has 3 rings (SSSR count). The predicted octanol–water partition coefficient (Wildman–Crippen LogP) is 3.11. The number of nitrogens with zero attached hydrogens (tertiary/aromatic N) is 1. The maximum Gasteiger partial charge on any atom is 0.239 e. The van der Waals surface area contributed by atoms with Gasteiger partial charge < -0.3 is 5.73 Å². The minimum atomic E-state index is -0.328. The van der Waals surface area contributed by atoms with Crippen LogP contribution in [0.15, 0.2) is 47.8 Å². The average molecular weight is 286 g/mol. The molecule has 3 nitrogen and oxygen atoms in total. The van der Waals surface area contributed by atoms with Crippen LogP contribution in [0.3, 0.4) is 0 Å². The molecule has 2 heterocycles. The van der Waals surface area contributed by atoms with Crippen molar-refractivity contribution < 1.29 is 4.79 Å². The van der Waals surface area contributed by atoms with Crippen LogP contribution in [0.1, 0.15) is 35.4 Å². The van der Waals surface area contributed by atoms with Crippen molar-refractivity contribution in [2.24, 2.45) is 5.73 Å². The topological polar surface area (TPSA) is 46.3 Å². The second-order valence-electron chi connectivity index (χ2n) is 5.13. The van der Waals surface area contributed by atoms with Gasteiger partial charge >= 0.3 is 0 Å². The van der Waals surface area contributed by atoms with E-state index in [2.05, 4.69) is 22.4 Å². The van der Waals surface area contributed by atoms with E-state index in [1.165, 1.54) is 4.88 Å². The summed E-state index contributed by atoms with van der Waals surface area (Å²) >= 11 is 1.75. The molecule has 2 aromatic rings. The molecule has 1 aliphatic rings. The molecular weight excluding hydrogens is 268 g/mol. The largest absolute Gasteiger partial charge is 0.368 e. The summed E-state index contributed by atoms with van der Waals surface area (Å²) in [6, 6.07) is 14.1. The fourth-order valence-corrected chi connectivity index (χ4v) is 3.92. The Bertz CT molecular complexity index is 567. The van der Waals surface area contributed by atoms with Gasteiger partial charge in [0, 0.05) is 10.9 Å². The molecule has 0 bridgehead atoms. The highest BCUT2D eigenvalue weighted by molar-refractivity contribution is 7.10. The summed E-state index contributed by atoms with van der Waals surface area (Å²) in [6.45, 7) is 0.922. The fourth-order valence-electron chi connectivity index (χ4n) is 3.04. The fraction of sp³-hybridized carbons (Fsp3) is 0.312. The van der Waals surface area contributed by atoms with E-state index >= 15 is 0 Å². The number of likely N-dealkylation sites (tertiary alicyclic amines) is 1. The highest BCUT2D eigenvalue weighted by Crippen LogP contribution is 2.40. The van der Waals surface area contributed by atoms with Crippen molar-refractivity contribution in [1.29, 1.82) is 0 Å². The monoisotopic (exact) mass is 286 g/mol. The molecule has 1 amide bonds. The molecule has 104 valence electrons. The van der Waals surface area contributed by atoms with Gasteiger partial charge in [0.25, 0.3) is 0 Å². The zero-order valence-corrected chi connectivity index (χ0v) is 12.1. The molecule has 0 saturated carbocycles. The van der Waals surface area contributed by atoms with Crippen molar-refractivity contribution in [3.8, 4) is 0 Å². The zero-order chi connectivity index (χ0) is 13.9. The summed E-state index contributed by atoms with van der Waals surface area (Å²) in [4.78, 5) is 15.6. The van der Waals surface area contributed by atoms with Crippen LogP contribution in [0, 0.1) is 0 Å². The number of carbonyl (C=O) groups is 1. The van der Waals surface area contributed by atoms with Gasteiger partial charge in [-0.05, 0) is 36.4 Å². The Kier molecular flexibility index (Phi) is 3.85. The summed E-state index contributed by atoms with van der Waals surface area (Å²) in [7, 11) is 0. The van der Waals surface area contributed by atoms with Crippen LogP contribution in [0.4, 0.5) is 0 Å². The lowest BCUT2D eigenvalue weighted by molar-refractivity contribution is -0.123. The van der Waals surface area contributed by atoms with E-state index in [0.29, 0.717) is 6.04 Å². The smallest absolute Gasteiger partial charge is 0.239 e. The van der Waals surface area contributed by atoms with E-state index < -0.39 is 0 Å². The summed E-state index contributed by atoms with van der Waals surface area (Å²) in [5.74, 6) is -0.264. The number of hydrogen-bond donors (Lipinski definition) is 1. The third-order valence-electron chi connectivity index (χ3n) is 3.88. The Morgan fingerprint density at radius 1 is 1.25 bits per heavy atom. The first kappa shape index (κ1) is 13.3. The molecular formula is C16H18N2OS. The lowest BCUT2D eigenvalue weighted by atomic mass is 10.0. The lowest BCUT2D eigenvalue weighted by Crippen LogP contribution is -2.37. The first-order valence-corrected chi connectivity index (χ1v) is 7.79. The summed E-state index contributed by atoms with van der Waals surface area (Å²) in [6.07, 6.45) is 2.20. The summed E-state index contributed by atoms with van der Waals surface area (Å²) in [5, 5.41) is 2.09. The van der Waals surface area contributed by atoms with Gasteiger partial charge in [0.1, 0.15) is 6.04 Å². The Morgan fingerprint density at radius 2 is 2.05 bits per heavy atom. The van der Waals surface area contributed by atoms with Crippen molar-refractivity contribution in [2.45, 2.75) is 24.9 Å². The maximum absolute atomic E-state index is 12.0. The van der Waals surface area contributed by atoms with Gasteiger partial charge in [-0.15, -0.1) is 11.3 Å². The number of benzene rings is 1. The molecule has 20 heavy (non-hydrogen) atoms. The number of amides is 1. The molecule has 2 N–H and O–H groups in total. The molecule has 0 aliphatic carbocycles. The van der Waals surface area contributed by atoms with Crippen molar-refractivity contribution in [1.82, 2.24) is 4.90 Å². The molecule has 1 aromatic heterocycles. The number of thiophene rings is 1. The van der Waals surface area contributed by atoms with E-state index in [0.717, 1.165) is 24.9 Å². The molecule has 0 unspecified atom stereocenters. The average Bonchev–Trinajstić information content (AvgIpc) is 3.09. The van der Waals surface area contributed by atoms with Gasteiger partial charge in [0.05, 0.1) is 0 Å². The quantitative estimate of drug-likeness (QED) is 0.938. The highest BCUT2D eigenvalue weighted by atomic mass is 32.1. The van der Waals surface area contributed by atoms with Crippen molar-refractivity contribution >= 4 is 17.2 Å². The molecule has 0 radical (unpaired) electrons. The Hall–Kier alpha value is -1.65. The Labute approximate surface area is 123 Å². The summed E-state index contributed by atoms with van der Waals surface area (Å²) in [5.41, 5.74) is 6.68. The van der Waals surface area contributed by atoms with Crippen molar-refractivity contribution in [3.63, 3.8) is 0 Å². The van der Waals surface area contributed by atoms with Gasteiger partial charge in [0.2, 0.25) is 5.91 Å². The number of primary amides is 1. The zero-order valence-electron chi connectivity index (χ0n) is 11.2. The van der Waals surface area contributed by atoms with E-state index in [1.54, 1.807) is 11.3 Å². The van der Waals surface area contributed by atoms with E-state index in [9.17, 15) is 4.79 Å². The lowest BCUT2D eigenvalue weighted by Gasteiger charge is -2.30. The standard InChI is InChI=1S/C16H18N2OS/c17-16(19)15(12-6-2-1-3-7-12)18-10-4-8-13(18)14-9-5-11-20-14/h1-3,5-7,9,11,13,15H,4,8,10H2,(H2,17,19)/t13-,15-/m0/s1. The molecule has 1 saturated heterocycles. The van der Waals surface area contributed by atoms with Crippen LogP contribution in [0.5, 0.6) is 0 Å². The molecule has 0 spiro atoms. The normalized spacial score (nSPS) is 20.9. The highest BCUT2D eigenvalue weighted by Gasteiger charge is 2.35. The number of hydrogen-bond acceptors (Lipinski definition) is 3. The van der Waals surface area contributed by atoms with Gasteiger partial charge in [-0.3, -0.25) is 9.69 Å². The van der Waals surface area contributed by atoms with Crippen LogP contribution < -0.4 is 5.73 Å². The molecule has 1 fully saturated rings. The maximum atomic E-state index is 12.0. The van der Waals surface area contributed by atoms with Gasteiger partial charge in [-0.25, -0.2) is 0 Å². The van der Waals surface area contributed by atoms with Crippen LogP contribution in [0.25, 0.3) is 0 Å². The second-order valence-corrected chi connectivity index (χ2v) is 6.11. The predicted molar refractivity (Wildman–Crippen MR) is 81.4 cm³/mol. The minimum absolute atomic E-state index is 0.264.